The van der Waals surface area contributed by atoms with E-state index in [1.807, 2.05) is 6.07 Å². The minimum atomic E-state index is -0.213. The lowest BCUT2D eigenvalue weighted by Gasteiger charge is -2.01. The van der Waals surface area contributed by atoms with Gasteiger partial charge in [0, 0.05) is 17.0 Å². The van der Waals surface area contributed by atoms with Crippen LogP contribution in [0.3, 0.4) is 0 Å². The Hall–Kier alpha value is -1.06. The van der Waals surface area contributed by atoms with Gasteiger partial charge in [-0.2, -0.15) is 0 Å². The summed E-state index contributed by atoms with van der Waals surface area (Å²) in [6.45, 7) is 0. The first-order valence-electron chi connectivity index (χ1n) is 4.73. The van der Waals surface area contributed by atoms with Gasteiger partial charge in [0.15, 0.2) is 0 Å². The van der Waals surface area contributed by atoms with Crippen LogP contribution in [-0.4, -0.2) is 4.98 Å². The van der Waals surface area contributed by atoms with Crippen molar-refractivity contribution in [1.29, 1.82) is 0 Å². The largest absolute Gasteiger partial charge is 0.250 e. The molecule has 1 heterocycles. The molecule has 0 spiro atoms. The molecule has 16 heavy (non-hydrogen) atoms. The maximum Gasteiger partial charge on any atom is 0.123 e. The fourth-order valence-corrected chi connectivity index (χ4v) is 2.28. The molecule has 0 aliphatic rings. The molecule has 2 aromatic rings. The molecule has 0 bridgehead atoms. The summed E-state index contributed by atoms with van der Waals surface area (Å²) < 4.78 is 12.7. The molecule has 0 fully saturated rings. The number of halogens is 2. The van der Waals surface area contributed by atoms with E-state index in [1.54, 1.807) is 36.2 Å². The van der Waals surface area contributed by atoms with Crippen LogP contribution < -0.4 is 0 Å². The Balaban J connectivity index is 1.99. The van der Waals surface area contributed by atoms with Crippen LogP contribution in [0.4, 0.5) is 4.39 Å². The first kappa shape index (κ1) is 11.4. The molecule has 0 unspecified atom stereocenters. The van der Waals surface area contributed by atoms with Crippen LogP contribution in [0.1, 0.15) is 5.56 Å². The van der Waals surface area contributed by atoms with E-state index in [9.17, 15) is 4.39 Å². The fourth-order valence-electron chi connectivity index (χ4n) is 1.20. The molecular weight excluding hydrogens is 245 g/mol. The molecule has 0 aliphatic heterocycles. The topological polar surface area (TPSA) is 12.9 Å². The predicted molar refractivity (Wildman–Crippen MR) is 65.2 cm³/mol. The molecule has 1 aromatic carbocycles. The van der Waals surface area contributed by atoms with Crippen LogP contribution in [0.25, 0.3) is 0 Å². The van der Waals surface area contributed by atoms with Crippen molar-refractivity contribution in [3.63, 3.8) is 0 Å². The van der Waals surface area contributed by atoms with Gasteiger partial charge in [-0.1, -0.05) is 23.7 Å². The standard InChI is InChI=1S/C12H9ClFNS/c13-10-5-6-15-12(7-10)16-8-9-1-3-11(14)4-2-9/h1-7H,8H2. The molecule has 82 valence electrons. The molecular formula is C12H9ClFNS. The number of hydrogen-bond acceptors (Lipinski definition) is 2. The van der Waals surface area contributed by atoms with Gasteiger partial charge in [0.2, 0.25) is 0 Å². The van der Waals surface area contributed by atoms with E-state index < -0.39 is 0 Å². The summed E-state index contributed by atoms with van der Waals surface area (Å²) in [6, 6.07) is 10.0. The Kier molecular flexibility index (Phi) is 3.80. The Morgan fingerprint density at radius 2 is 1.94 bits per heavy atom. The van der Waals surface area contributed by atoms with Gasteiger partial charge in [-0.05, 0) is 29.8 Å². The Labute approximate surface area is 103 Å². The normalized spacial score (nSPS) is 10.4. The molecule has 0 aliphatic carbocycles. The number of aromatic nitrogens is 1. The Morgan fingerprint density at radius 1 is 1.19 bits per heavy atom. The van der Waals surface area contributed by atoms with E-state index in [2.05, 4.69) is 4.98 Å². The van der Waals surface area contributed by atoms with Gasteiger partial charge in [0.1, 0.15) is 5.82 Å². The monoisotopic (exact) mass is 253 g/mol. The van der Waals surface area contributed by atoms with Gasteiger partial charge in [-0.15, -0.1) is 11.8 Å². The zero-order valence-electron chi connectivity index (χ0n) is 8.36. The summed E-state index contributed by atoms with van der Waals surface area (Å²) in [4.78, 5) is 4.18. The Bertz CT molecular complexity index is 473. The van der Waals surface area contributed by atoms with Gasteiger partial charge in [0.05, 0.1) is 5.03 Å². The van der Waals surface area contributed by atoms with Crippen LogP contribution >= 0.6 is 23.4 Å². The van der Waals surface area contributed by atoms with Gasteiger partial charge < -0.3 is 0 Å². The smallest absolute Gasteiger partial charge is 0.123 e. The highest BCUT2D eigenvalue weighted by molar-refractivity contribution is 7.98. The number of benzene rings is 1. The van der Waals surface area contributed by atoms with Crippen molar-refractivity contribution in [3.8, 4) is 0 Å². The molecule has 0 saturated carbocycles. The lowest BCUT2D eigenvalue weighted by atomic mass is 10.2. The van der Waals surface area contributed by atoms with Gasteiger partial charge in [-0.25, -0.2) is 9.37 Å². The third-order valence-corrected chi connectivity index (χ3v) is 3.23. The second kappa shape index (κ2) is 5.32. The SMILES string of the molecule is Fc1ccc(CSc2cc(Cl)ccn2)cc1. The van der Waals surface area contributed by atoms with Crippen molar-refractivity contribution in [2.24, 2.45) is 0 Å². The van der Waals surface area contributed by atoms with Crippen molar-refractivity contribution >= 4 is 23.4 Å². The number of thioether (sulfide) groups is 1. The van der Waals surface area contributed by atoms with Gasteiger partial charge >= 0.3 is 0 Å². The highest BCUT2D eigenvalue weighted by atomic mass is 35.5. The van der Waals surface area contributed by atoms with E-state index in [-0.39, 0.29) is 5.82 Å². The first-order chi connectivity index (χ1) is 7.74. The average molecular weight is 254 g/mol. The summed E-state index contributed by atoms with van der Waals surface area (Å²) in [7, 11) is 0. The summed E-state index contributed by atoms with van der Waals surface area (Å²) in [6.07, 6.45) is 1.68. The van der Waals surface area contributed by atoms with Crippen LogP contribution in [0.2, 0.25) is 5.02 Å². The van der Waals surface area contributed by atoms with E-state index in [0.717, 1.165) is 16.3 Å². The van der Waals surface area contributed by atoms with Crippen molar-refractivity contribution in [2.45, 2.75) is 10.8 Å². The zero-order chi connectivity index (χ0) is 11.4. The zero-order valence-corrected chi connectivity index (χ0v) is 9.93. The summed E-state index contributed by atoms with van der Waals surface area (Å²) >= 11 is 7.42. The molecule has 4 heteroatoms. The van der Waals surface area contributed by atoms with E-state index in [0.29, 0.717) is 5.02 Å². The van der Waals surface area contributed by atoms with Crippen molar-refractivity contribution in [3.05, 3.63) is 59.0 Å². The second-order valence-electron chi connectivity index (χ2n) is 3.23. The maximum atomic E-state index is 12.7. The van der Waals surface area contributed by atoms with Gasteiger partial charge in [-0.3, -0.25) is 0 Å². The molecule has 0 saturated heterocycles. The molecule has 0 N–H and O–H groups in total. The quantitative estimate of drug-likeness (QED) is 0.762. The second-order valence-corrected chi connectivity index (χ2v) is 4.66. The van der Waals surface area contributed by atoms with E-state index in [1.165, 1.54) is 12.1 Å². The minimum absolute atomic E-state index is 0.213. The third kappa shape index (κ3) is 3.22. The average Bonchev–Trinajstić information content (AvgIpc) is 2.28. The molecule has 0 amide bonds. The summed E-state index contributed by atoms with van der Waals surface area (Å²) in [5, 5.41) is 1.55. The van der Waals surface area contributed by atoms with E-state index >= 15 is 0 Å². The number of nitrogens with zero attached hydrogens (tertiary/aromatic N) is 1. The molecule has 2 rings (SSSR count). The molecule has 1 aromatic heterocycles. The van der Waals surface area contributed by atoms with Crippen LogP contribution in [0.15, 0.2) is 47.6 Å². The highest BCUT2D eigenvalue weighted by Crippen LogP contribution is 2.22. The van der Waals surface area contributed by atoms with Crippen molar-refractivity contribution in [1.82, 2.24) is 4.98 Å². The summed E-state index contributed by atoms with van der Waals surface area (Å²) in [5.41, 5.74) is 1.06. The van der Waals surface area contributed by atoms with Crippen LogP contribution in [0, 0.1) is 5.82 Å². The molecule has 0 radical (unpaired) electrons. The van der Waals surface area contributed by atoms with Crippen molar-refractivity contribution in [2.75, 3.05) is 0 Å². The van der Waals surface area contributed by atoms with Gasteiger partial charge in [0.25, 0.3) is 0 Å². The lowest BCUT2D eigenvalue weighted by molar-refractivity contribution is 0.627. The van der Waals surface area contributed by atoms with E-state index in [4.69, 9.17) is 11.6 Å². The minimum Gasteiger partial charge on any atom is -0.250 e. The fraction of sp³-hybridized carbons (Fsp3) is 0.0833. The van der Waals surface area contributed by atoms with Crippen LogP contribution in [-0.2, 0) is 5.75 Å². The Morgan fingerprint density at radius 3 is 2.62 bits per heavy atom. The van der Waals surface area contributed by atoms with Crippen molar-refractivity contribution < 1.29 is 4.39 Å². The molecule has 0 atom stereocenters. The number of pyridine rings is 1. The molecule has 1 nitrogen and oxygen atoms in total. The maximum absolute atomic E-state index is 12.7. The third-order valence-electron chi connectivity index (χ3n) is 2.00. The highest BCUT2D eigenvalue weighted by Gasteiger charge is 1.99. The van der Waals surface area contributed by atoms with Crippen LogP contribution in [0.5, 0.6) is 0 Å². The predicted octanol–water partition coefficient (Wildman–Crippen LogP) is 4.17. The number of rotatable bonds is 3. The lowest BCUT2D eigenvalue weighted by Crippen LogP contribution is -1.83. The number of hydrogen-bond donors (Lipinski definition) is 0. The first-order valence-corrected chi connectivity index (χ1v) is 6.09. The summed E-state index contributed by atoms with van der Waals surface area (Å²) in [5.74, 6) is 0.544.